The quantitative estimate of drug-likeness (QED) is 0.421. The maximum Gasteiger partial charge on any atom is 0.257 e. The number of carbonyl (C=O) groups is 1. The van der Waals surface area contributed by atoms with E-state index in [1.54, 1.807) is 19.1 Å². The summed E-state index contributed by atoms with van der Waals surface area (Å²) in [4.78, 5) is 18.6. The van der Waals surface area contributed by atoms with Crippen LogP contribution in [0, 0.1) is 0 Å². The van der Waals surface area contributed by atoms with Crippen molar-refractivity contribution in [2.45, 2.75) is 11.8 Å². The van der Waals surface area contributed by atoms with Crippen LogP contribution < -0.4 is 5.32 Å². The summed E-state index contributed by atoms with van der Waals surface area (Å²) in [7, 11) is -3.39. The van der Waals surface area contributed by atoms with Crippen LogP contribution >= 0.6 is 11.3 Å². The third kappa shape index (κ3) is 4.57. The molecule has 1 heterocycles. The fourth-order valence-electron chi connectivity index (χ4n) is 3.12. The lowest BCUT2D eigenvalue weighted by Gasteiger charge is -2.05. The van der Waals surface area contributed by atoms with E-state index in [1.807, 2.05) is 60.7 Å². The zero-order valence-corrected chi connectivity index (χ0v) is 18.4. The molecule has 156 valence electrons. The second-order valence-electron chi connectivity index (χ2n) is 6.81. The molecular weight excluding hydrogens is 428 g/mol. The Morgan fingerprint density at radius 1 is 0.903 bits per heavy atom. The first-order chi connectivity index (χ1) is 15.0. The van der Waals surface area contributed by atoms with Crippen molar-refractivity contribution in [1.82, 2.24) is 4.98 Å². The number of carbonyl (C=O) groups excluding carboxylic acids is 1. The molecule has 4 aromatic rings. The Kier molecular flexibility index (Phi) is 5.97. The average molecular weight is 449 g/mol. The Labute approximate surface area is 185 Å². The maximum atomic E-state index is 12.8. The van der Waals surface area contributed by atoms with Gasteiger partial charge in [0.15, 0.2) is 15.0 Å². The van der Waals surface area contributed by atoms with Crippen LogP contribution in [-0.4, -0.2) is 25.1 Å². The minimum absolute atomic E-state index is 0.0224. The Morgan fingerprint density at radius 3 is 2.19 bits per heavy atom. The van der Waals surface area contributed by atoms with Crippen molar-refractivity contribution in [2.24, 2.45) is 0 Å². The van der Waals surface area contributed by atoms with E-state index in [1.165, 1.54) is 23.5 Å². The number of rotatable bonds is 6. The highest BCUT2D eigenvalue weighted by molar-refractivity contribution is 7.91. The highest BCUT2D eigenvalue weighted by atomic mass is 32.2. The number of aromatic nitrogens is 1. The van der Waals surface area contributed by atoms with Crippen LogP contribution in [0.2, 0.25) is 0 Å². The van der Waals surface area contributed by atoms with Gasteiger partial charge in [-0.05, 0) is 23.8 Å². The summed E-state index contributed by atoms with van der Waals surface area (Å²) in [6.07, 6.45) is 0. The van der Waals surface area contributed by atoms with Crippen LogP contribution in [0.4, 0.5) is 5.13 Å². The first kappa shape index (κ1) is 21.0. The Hall–Kier alpha value is -3.29. The van der Waals surface area contributed by atoms with Crippen LogP contribution in [0.1, 0.15) is 17.3 Å². The fraction of sp³-hybridized carbons (Fsp3) is 0.0833. The van der Waals surface area contributed by atoms with Crippen molar-refractivity contribution in [2.75, 3.05) is 11.1 Å². The predicted octanol–water partition coefficient (Wildman–Crippen LogP) is 5.52. The molecule has 0 aliphatic rings. The zero-order chi connectivity index (χ0) is 21.8. The predicted molar refractivity (Wildman–Crippen MR) is 125 cm³/mol. The number of benzene rings is 3. The van der Waals surface area contributed by atoms with E-state index >= 15 is 0 Å². The summed E-state index contributed by atoms with van der Waals surface area (Å²) in [5, 5.41) is 3.28. The van der Waals surface area contributed by atoms with E-state index in [0.29, 0.717) is 5.13 Å². The highest BCUT2D eigenvalue weighted by Gasteiger charge is 2.18. The molecule has 0 radical (unpaired) electrons. The Morgan fingerprint density at radius 2 is 1.55 bits per heavy atom. The van der Waals surface area contributed by atoms with Gasteiger partial charge in [0.1, 0.15) is 0 Å². The van der Waals surface area contributed by atoms with Gasteiger partial charge in [-0.25, -0.2) is 13.4 Å². The molecule has 0 aliphatic carbocycles. The van der Waals surface area contributed by atoms with Gasteiger partial charge in [-0.3, -0.25) is 10.1 Å². The molecule has 7 heteroatoms. The van der Waals surface area contributed by atoms with Gasteiger partial charge in [0.2, 0.25) is 0 Å². The van der Waals surface area contributed by atoms with E-state index in [4.69, 9.17) is 0 Å². The molecule has 0 saturated heterocycles. The highest BCUT2D eigenvalue weighted by Crippen LogP contribution is 2.39. The van der Waals surface area contributed by atoms with E-state index in [-0.39, 0.29) is 16.2 Å². The Balaban J connectivity index is 1.69. The molecule has 5 nitrogen and oxygen atoms in total. The normalized spacial score (nSPS) is 11.3. The molecule has 4 rings (SSSR count). The minimum Gasteiger partial charge on any atom is -0.298 e. The molecule has 31 heavy (non-hydrogen) atoms. The number of amides is 1. The summed E-state index contributed by atoms with van der Waals surface area (Å²) < 4.78 is 24.3. The van der Waals surface area contributed by atoms with Gasteiger partial charge < -0.3 is 0 Å². The van der Waals surface area contributed by atoms with Gasteiger partial charge in [0, 0.05) is 11.1 Å². The standard InChI is InChI=1S/C24H20N2O3S2/c1-2-31(28,29)20-15-9-14-19(16-20)23(27)26-24-25-21(17-10-5-3-6-11-17)22(30-24)18-12-7-4-8-13-18/h3-16H,2H2,1H3,(H,25,26,27). The van der Waals surface area contributed by atoms with E-state index in [0.717, 1.165) is 21.7 Å². The summed E-state index contributed by atoms with van der Waals surface area (Å²) in [5.74, 6) is -0.424. The summed E-state index contributed by atoms with van der Waals surface area (Å²) in [6, 6.07) is 25.7. The molecule has 0 spiro atoms. The van der Waals surface area contributed by atoms with Crippen molar-refractivity contribution < 1.29 is 13.2 Å². The van der Waals surface area contributed by atoms with Gasteiger partial charge >= 0.3 is 0 Å². The van der Waals surface area contributed by atoms with Crippen molar-refractivity contribution in [1.29, 1.82) is 0 Å². The largest absolute Gasteiger partial charge is 0.298 e. The molecule has 0 saturated carbocycles. The first-order valence-corrected chi connectivity index (χ1v) is 12.2. The molecule has 1 amide bonds. The van der Waals surface area contributed by atoms with Crippen molar-refractivity contribution in [3.8, 4) is 21.7 Å². The van der Waals surface area contributed by atoms with Crippen molar-refractivity contribution >= 4 is 32.2 Å². The van der Waals surface area contributed by atoms with Gasteiger partial charge in [-0.15, -0.1) is 0 Å². The van der Waals surface area contributed by atoms with Crippen LogP contribution in [0.3, 0.4) is 0 Å². The molecule has 0 fully saturated rings. The lowest BCUT2D eigenvalue weighted by molar-refractivity contribution is 0.102. The van der Waals surface area contributed by atoms with Crippen LogP contribution in [0.25, 0.3) is 21.7 Å². The van der Waals surface area contributed by atoms with Gasteiger partial charge in [0.05, 0.1) is 21.2 Å². The Bertz CT molecular complexity index is 1260. The second kappa shape index (κ2) is 8.83. The van der Waals surface area contributed by atoms with E-state index < -0.39 is 15.7 Å². The van der Waals surface area contributed by atoms with Crippen LogP contribution in [0.5, 0.6) is 0 Å². The molecule has 1 N–H and O–H groups in total. The number of thiazole rings is 1. The van der Waals surface area contributed by atoms with Crippen LogP contribution in [0.15, 0.2) is 89.8 Å². The summed E-state index contributed by atoms with van der Waals surface area (Å²) >= 11 is 1.38. The van der Waals surface area contributed by atoms with Gasteiger partial charge in [-0.1, -0.05) is 85.0 Å². The summed E-state index contributed by atoms with van der Waals surface area (Å²) in [5.41, 5.74) is 3.02. The first-order valence-electron chi connectivity index (χ1n) is 9.74. The molecular formula is C24H20N2O3S2. The van der Waals surface area contributed by atoms with Gasteiger partial charge in [-0.2, -0.15) is 0 Å². The fourth-order valence-corrected chi connectivity index (χ4v) is 5.03. The summed E-state index contributed by atoms with van der Waals surface area (Å²) in [6.45, 7) is 1.58. The third-order valence-corrected chi connectivity index (χ3v) is 7.52. The van der Waals surface area contributed by atoms with Crippen molar-refractivity contribution in [3.05, 3.63) is 90.5 Å². The number of sulfone groups is 1. The molecule has 0 aliphatic heterocycles. The monoisotopic (exact) mass is 448 g/mol. The average Bonchev–Trinajstić information content (AvgIpc) is 3.24. The molecule has 0 atom stereocenters. The molecule has 0 bridgehead atoms. The zero-order valence-electron chi connectivity index (χ0n) is 16.8. The number of anilines is 1. The lowest BCUT2D eigenvalue weighted by atomic mass is 10.1. The topological polar surface area (TPSA) is 76.1 Å². The number of hydrogen-bond donors (Lipinski definition) is 1. The third-order valence-electron chi connectivity index (χ3n) is 4.77. The van der Waals surface area contributed by atoms with Crippen molar-refractivity contribution in [3.63, 3.8) is 0 Å². The molecule has 0 unspecified atom stereocenters. The van der Waals surface area contributed by atoms with Gasteiger partial charge in [0.25, 0.3) is 5.91 Å². The maximum absolute atomic E-state index is 12.8. The number of hydrogen-bond acceptors (Lipinski definition) is 5. The number of nitrogens with zero attached hydrogens (tertiary/aromatic N) is 1. The lowest BCUT2D eigenvalue weighted by Crippen LogP contribution is -2.13. The SMILES string of the molecule is CCS(=O)(=O)c1cccc(C(=O)Nc2nc(-c3ccccc3)c(-c3ccccc3)s2)c1. The number of nitrogens with one attached hydrogen (secondary N) is 1. The van der Waals surface area contributed by atoms with Crippen LogP contribution in [-0.2, 0) is 9.84 Å². The van der Waals surface area contributed by atoms with E-state index in [2.05, 4.69) is 10.3 Å². The minimum atomic E-state index is -3.39. The van der Waals surface area contributed by atoms with E-state index in [9.17, 15) is 13.2 Å². The molecule has 1 aromatic heterocycles. The molecule has 3 aromatic carbocycles. The smallest absolute Gasteiger partial charge is 0.257 e. The second-order valence-corrected chi connectivity index (χ2v) is 10.1.